The lowest BCUT2D eigenvalue weighted by atomic mass is 9.57. The Bertz CT molecular complexity index is 1380. The van der Waals surface area contributed by atoms with E-state index in [1.54, 1.807) is 23.5 Å². The van der Waals surface area contributed by atoms with Crippen LogP contribution in [0.3, 0.4) is 0 Å². The maximum Gasteiger partial charge on any atom is 0.123 e. The Balaban J connectivity index is 1.42. The lowest BCUT2D eigenvalue weighted by Gasteiger charge is -2.51. The third-order valence-corrected chi connectivity index (χ3v) is 8.92. The molecule has 1 N–H and O–H groups in total. The summed E-state index contributed by atoms with van der Waals surface area (Å²) in [4.78, 5) is 4.70. The zero-order chi connectivity index (χ0) is 22.8. The molecule has 3 atom stereocenters. The Labute approximate surface area is 197 Å². The van der Waals surface area contributed by atoms with Crippen molar-refractivity contribution in [2.45, 2.75) is 45.3 Å². The molecule has 1 aliphatic carbocycles. The molecule has 0 bridgehead atoms. The molecule has 1 aliphatic heterocycles. The number of allylic oxidation sites excluding steroid dienone is 1. The summed E-state index contributed by atoms with van der Waals surface area (Å²) in [5.74, 6) is -0.149. The summed E-state index contributed by atoms with van der Waals surface area (Å²) in [6, 6.07) is 14.9. The molecule has 0 saturated heterocycles. The van der Waals surface area contributed by atoms with Crippen LogP contribution in [0.15, 0.2) is 65.8 Å². The Kier molecular flexibility index (Phi) is 4.65. The van der Waals surface area contributed by atoms with Crippen LogP contribution >= 0.6 is 11.3 Å². The Hall–Kier alpha value is -2.76. The zero-order valence-electron chi connectivity index (χ0n) is 18.9. The minimum atomic E-state index is -0.939. The fourth-order valence-electron chi connectivity index (χ4n) is 6.25. The van der Waals surface area contributed by atoms with Crippen molar-refractivity contribution in [1.82, 2.24) is 9.55 Å². The van der Waals surface area contributed by atoms with Crippen LogP contribution in [-0.2, 0) is 12.1 Å². The summed E-state index contributed by atoms with van der Waals surface area (Å²) in [6.45, 7) is 5.10. The first-order valence-electron chi connectivity index (χ1n) is 11.6. The van der Waals surface area contributed by atoms with Crippen molar-refractivity contribution < 1.29 is 9.50 Å². The third kappa shape index (κ3) is 3.13. The second-order valence-corrected chi connectivity index (χ2v) is 10.8. The van der Waals surface area contributed by atoms with Gasteiger partial charge >= 0.3 is 0 Å². The van der Waals surface area contributed by atoms with Crippen LogP contribution in [0.25, 0.3) is 27.4 Å². The van der Waals surface area contributed by atoms with E-state index in [-0.39, 0.29) is 17.2 Å². The maximum atomic E-state index is 13.4. The van der Waals surface area contributed by atoms with Gasteiger partial charge in [-0.3, -0.25) is 0 Å². The largest absolute Gasteiger partial charge is 0.385 e. The van der Waals surface area contributed by atoms with Gasteiger partial charge in [-0.15, -0.1) is 11.3 Å². The number of hydrogen-bond donors (Lipinski definition) is 1. The molecule has 33 heavy (non-hydrogen) atoms. The number of nitrogens with zero attached hydrogens (tertiary/aromatic N) is 2. The predicted octanol–water partition coefficient (Wildman–Crippen LogP) is 7.02. The van der Waals surface area contributed by atoms with Crippen molar-refractivity contribution in [3.05, 3.63) is 82.9 Å². The van der Waals surface area contributed by atoms with E-state index in [0.29, 0.717) is 0 Å². The summed E-state index contributed by atoms with van der Waals surface area (Å²) in [6.07, 6.45) is 7.25. The molecule has 0 amide bonds. The number of thiophene rings is 1. The quantitative estimate of drug-likeness (QED) is 0.358. The van der Waals surface area contributed by atoms with Gasteiger partial charge in [-0.1, -0.05) is 30.7 Å². The van der Waals surface area contributed by atoms with E-state index < -0.39 is 5.60 Å². The van der Waals surface area contributed by atoms with Crippen molar-refractivity contribution in [2.24, 2.45) is 11.3 Å². The number of aliphatic hydroxyl groups is 1. The van der Waals surface area contributed by atoms with E-state index >= 15 is 0 Å². The van der Waals surface area contributed by atoms with E-state index in [2.05, 4.69) is 47.2 Å². The number of hydrogen-bond acceptors (Lipinski definition) is 3. The summed E-state index contributed by atoms with van der Waals surface area (Å²) in [5.41, 5.74) is 4.21. The van der Waals surface area contributed by atoms with Crippen LogP contribution in [-0.4, -0.2) is 14.7 Å². The number of fused-ring (bicyclic) bond motifs is 3. The Morgan fingerprint density at radius 2 is 1.97 bits per heavy atom. The van der Waals surface area contributed by atoms with Crippen LogP contribution < -0.4 is 0 Å². The summed E-state index contributed by atoms with van der Waals surface area (Å²) >= 11 is 1.71. The fraction of sp³-hybridized carbons (Fsp3) is 0.321. The smallest absolute Gasteiger partial charge is 0.123 e. The number of imidazole rings is 1. The molecule has 168 valence electrons. The van der Waals surface area contributed by atoms with Gasteiger partial charge in [-0.05, 0) is 73.4 Å². The average molecular weight is 459 g/mol. The van der Waals surface area contributed by atoms with Gasteiger partial charge < -0.3 is 9.67 Å². The number of aromatic nitrogens is 2. The molecule has 6 rings (SSSR count). The predicted molar refractivity (Wildman–Crippen MR) is 132 cm³/mol. The van der Waals surface area contributed by atoms with E-state index in [9.17, 15) is 9.50 Å². The minimum absolute atomic E-state index is 0.0906. The highest BCUT2D eigenvalue weighted by molar-refractivity contribution is 7.17. The second-order valence-electron chi connectivity index (χ2n) is 9.94. The van der Waals surface area contributed by atoms with Gasteiger partial charge in [-0.25, -0.2) is 9.37 Å². The fourth-order valence-corrected chi connectivity index (χ4v) is 7.32. The van der Waals surface area contributed by atoms with E-state index in [0.717, 1.165) is 53.7 Å². The van der Waals surface area contributed by atoms with Crippen LogP contribution in [0.4, 0.5) is 4.39 Å². The Morgan fingerprint density at radius 3 is 2.79 bits per heavy atom. The second kappa shape index (κ2) is 7.37. The number of benzene rings is 2. The van der Waals surface area contributed by atoms with Crippen LogP contribution in [0.1, 0.15) is 44.4 Å². The summed E-state index contributed by atoms with van der Waals surface area (Å²) in [5, 5.41) is 15.4. The molecular formula is C28H27FN2OS. The molecule has 1 saturated carbocycles. The van der Waals surface area contributed by atoms with Gasteiger partial charge in [0.05, 0.1) is 23.3 Å². The molecule has 0 radical (unpaired) electrons. The molecular weight excluding hydrogens is 431 g/mol. The van der Waals surface area contributed by atoms with Gasteiger partial charge in [0, 0.05) is 33.7 Å². The molecule has 0 unspecified atom stereocenters. The van der Waals surface area contributed by atoms with Crippen molar-refractivity contribution in [3.8, 4) is 11.3 Å². The number of rotatable bonds is 3. The lowest BCUT2D eigenvalue weighted by Crippen LogP contribution is -2.48. The van der Waals surface area contributed by atoms with Gasteiger partial charge in [0.25, 0.3) is 0 Å². The van der Waals surface area contributed by atoms with Crippen molar-refractivity contribution in [1.29, 1.82) is 0 Å². The summed E-state index contributed by atoms with van der Waals surface area (Å²) in [7, 11) is 0. The van der Waals surface area contributed by atoms with Crippen molar-refractivity contribution in [3.63, 3.8) is 0 Å². The van der Waals surface area contributed by atoms with E-state index in [1.165, 1.54) is 22.4 Å². The van der Waals surface area contributed by atoms with Gasteiger partial charge in [-0.2, -0.15) is 0 Å². The van der Waals surface area contributed by atoms with Gasteiger partial charge in [0.1, 0.15) is 5.82 Å². The highest BCUT2D eigenvalue weighted by Crippen LogP contribution is 2.56. The minimum Gasteiger partial charge on any atom is -0.385 e. The SMILES string of the molecule is C[C@]12Cn3cnc(-c4ccc(F)cc4)c3C=C1CCC[C@@H]2[C@](C)(O)c1csc2ccccc12. The standard InChI is InChI=1S/C28H27FN2OS/c1-27-16-31-17-30-26(18-10-12-20(29)13-11-18)23(31)14-19(27)6-5-9-25(27)28(2,32)22-15-33-24-8-4-3-7-21(22)24/h3-4,7-8,10-15,17,25,32H,5-6,9,16H2,1-2H3/t25-,27-,28+/m0/s1. The van der Waals surface area contributed by atoms with Gasteiger partial charge in [0.2, 0.25) is 0 Å². The van der Waals surface area contributed by atoms with Crippen molar-refractivity contribution in [2.75, 3.05) is 0 Å². The lowest BCUT2D eigenvalue weighted by molar-refractivity contribution is -0.0700. The molecule has 2 aromatic heterocycles. The number of halogens is 1. The molecule has 0 spiro atoms. The maximum absolute atomic E-state index is 13.4. The van der Waals surface area contributed by atoms with E-state index in [1.807, 2.05) is 13.3 Å². The van der Waals surface area contributed by atoms with E-state index in [4.69, 9.17) is 4.98 Å². The molecule has 5 heteroatoms. The molecule has 1 fully saturated rings. The monoisotopic (exact) mass is 458 g/mol. The topological polar surface area (TPSA) is 38.0 Å². The molecule has 4 aromatic rings. The first kappa shape index (κ1) is 20.8. The van der Waals surface area contributed by atoms with Crippen LogP contribution in [0.2, 0.25) is 0 Å². The first-order chi connectivity index (χ1) is 15.9. The molecule has 2 aliphatic rings. The zero-order valence-corrected chi connectivity index (χ0v) is 19.7. The first-order valence-corrected chi connectivity index (χ1v) is 12.5. The third-order valence-electron chi connectivity index (χ3n) is 7.95. The van der Waals surface area contributed by atoms with Crippen molar-refractivity contribution >= 4 is 27.5 Å². The highest BCUT2D eigenvalue weighted by atomic mass is 32.1. The molecule has 3 nitrogen and oxygen atoms in total. The molecule has 2 aromatic carbocycles. The average Bonchev–Trinajstić information content (AvgIpc) is 3.41. The van der Waals surface area contributed by atoms with Gasteiger partial charge in [0.15, 0.2) is 0 Å². The van der Waals surface area contributed by atoms with Crippen LogP contribution in [0, 0.1) is 17.2 Å². The highest BCUT2D eigenvalue weighted by Gasteiger charge is 2.51. The Morgan fingerprint density at radius 1 is 1.18 bits per heavy atom. The van der Waals surface area contributed by atoms with Crippen LogP contribution in [0.5, 0.6) is 0 Å². The molecule has 3 heterocycles. The normalized spacial score (nSPS) is 24.1. The summed E-state index contributed by atoms with van der Waals surface area (Å²) < 4.78 is 16.9.